The zero-order valence-electron chi connectivity index (χ0n) is 19.6. The van der Waals surface area contributed by atoms with Crippen molar-refractivity contribution in [1.29, 1.82) is 0 Å². The fourth-order valence-electron chi connectivity index (χ4n) is 4.31. The van der Waals surface area contributed by atoms with Crippen LogP contribution in [0.25, 0.3) is 0 Å². The first-order valence-corrected chi connectivity index (χ1v) is 13.5. The summed E-state index contributed by atoms with van der Waals surface area (Å²) in [6, 6.07) is 30.4. The van der Waals surface area contributed by atoms with Crippen molar-refractivity contribution in [3.63, 3.8) is 0 Å². The number of aromatic nitrogens is 1. The van der Waals surface area contributed by atoms with Crippen LogP contribution in [0.2, 0.25) is 0 Å². The van der Waals surface area contributed by atoms with Gasteiger partial charge in [-0.1, -0.05) is 60.7 Å². The lowest BCUT2D eigenvalue weighted by Crippen LogP contribution is -2.41. The molecule has 0 spiro atoms. The van der Waals surface area contributed by atoms with Crippen LogP contribution in [0, 0.1) is 0 Å². The van der Waals surface area contributed by atoms with E-state index in [1.165, 1.54) is 12.3 Å². The molecule has 0 saturated heterocycles. The molecule has 1 aromatic heterocycles. The molecule has 0 unspecified atom stereocenters. The number of rotatable bonds is 11. The van der Waals surface area contributed by atoms with E-state index in [1.54, 1.807) is 6.07 Å². The number of halogens is 2. The van der Waals surface area contributed by atoms with Crippen molar-refractivity contribution in [3.8, 4) is 5.75 Å². The van der Waals surface area contributed by atoms with Gasteiger partial charge in [0.2, 0.25) is 0 Å². The summed E-state index contributed by atoms with van der Waals surface area (Å²) >= 11 is 0. The highest BCUT2D eigenvalue weighted by Gasteiger charge is 2.67. The number of nitrogens with zero attached hydrogens (tertiary/aromatic N) is 1. The van der Waals surface area contributed by atoms with Crippen molar-refractivity contribution < 1.29 is 13.5 Å². The number of unbranched alkanes of at least 4 members (excludes halogenated alkanes) is 2. The molecule has 0 radical (unpaired) electrons. The zero-order chi connectivity index (χ0) is 24.6. The van der Waals surface area contributed by atoms with E-state index in [-0.39, 0.29) is 5.69 Å². The third-order valence-electron chi connectivity index (χ3n) is 5.96. The third-order valence-corrected chi connectivity index (χ3v) is 10.3. The van der Waals surface area contributed by atoms with Crippen LogP contribution in [0.4, 0.5) is 8.78 Å². The van der Waals surface area contributed by atoms with Gasteiger partial charge in [-0.05, 0) is 61.7 Å². The first kappa shape index (κ1) is 24.8. The van der Waals surface area contributed by atoms with Crippen molar-refractivity contribution in [2.45, 2.75) is 24.9 Å². The first-order chi connectivity index (χ1) is 17.1. The summed E-state index contributed by atoms with van der Waals surface area (Å²) in [5, 5.41) is 1.79. The molecule has 0 fully saturated rings. The summed E-state index contributed by atoms with van der Waals surface area (Å²) in [4.78, 5) is 4.20. The van der Waals surface area contributed by atoms with E-state index in [0.717, 1.165) is 19.3 Å². The Morgan fingerprint density at radius 1 is 0.771 bits per heavy atom. The molecule has 0 aliphatic rings. The van der Waals surface area contributed by atoms with Crippen LogP contribution in [-0.4, -0.2) is 11.6 Å². The van der Waals surface area contributed by atoms with Gasteiger partial charge < -0.3 is 4.74 Å². The maximum atomic E-state index is 17.1. The highest BCUT2D eigenvalue weighted by molar-refractivity contribution is 7.96. The molecule has 0 atom stereocenters. The van der Waals surface area contributed by atoms with Crippen molar-refractivity contribution in [3.05, 3.63) is 128 Å². The monoisotopic (exact) mass is 488 g/mol. The van der Waals surface area contributed by atoms with Gasteiger partial charge in [0.15, 0.2) is 13.0 Å². The summed E-state index contributed by atoms with van der Waals surface area (Å²) in [5.41, 5.74) is -3.58. The molecule has 1 heterocycles. The third kappa shape index (κ3) is 5.04. The molecule has 0 aliphatic heterocycles. The van der Waals surface area contributed by atoms with E-state index in [0.29, 0.717) is 28.3 Å². The van der Waals surface area contributed by atoms with Crippen LogP contribution >= 0.6 is 7.26 Å². The van der Waals surface area contributed by atoms with Crippen LogP contribution in [-0.2, 0) is 5.66 Å². The summed E-state index contributed by atoms with van der Waals surface area (Å²) < 4.78 is 40.1. The van der Waals surface area contributed by atoms with Crippen LogP contribution < -0.4 is 20.7 Å². The average Bonchev–Trinajstić information content (AvgIpc) is 2.91. The molecule has 35 heavy (non-hydrogen) atoms. The van der Waals surface area contributed by atoms with Gasteiger partial charge in [0.1, 0.15) is 21.7 Å². The van der Waals surface area contributed by atoms with Gasteiger partial charge in [-0.2, -0.15) is 8.78 Å². The average molecular weight is 489 g/mol. The molecule has 0 N–H and O–H groups in total. The fourth-order valence-corrected chi connectivity index (χ4v) is 8.50. The van der Waals surface area contributed by atoms with Crippen molar-refractivity contribution >= 4 is 23.2 Å². The molecule has 0 aliphatic carbocycles. The van der Waals surface area contributed by atoms with E-state index in [4.69, 9.17) is 4.74 Å². The Labute approximate surface area is 206 Å². The van der Waals surface area contributed by atoms with Crippen LogP contribution in [0.15, 0.2) is 122 Å². The van der Waals surface area contributed by atoms with Crippen LogP contribution in [0.3, 0.4) is 0 Å². The van der Waals surface area contributed by atoms with E-state index in [1.807, 2.05) is 97.1 Å². The van der Waals surface area contributed by atoms with E-state index in [2.05, 4.69) is 11.6 Å². The molecule has 0 bridgehead atoms. The summed E-state index contributed by atoms with van der Waals surface area (Å²) in [5.74, 6) is 0.403. The first-order valence-electron chi connectivity index (χ1n) is 11.7. The van der Waals surface area contributed by atoms with Gasteiger partial charge in [-0.3, -0.25) is 4.98 Å². The lowest BCUT2D eigenvalue weighted by Gasteiger charge is -2.33. The van der Waals surface area contributed by atoms with Crippen molar-refractivity contribution in [2.24, 2.45) is 0 Å². The summed E-state index contributed by atoms with van der Waals surface area (Å²) in [7, 11) is -3.50. The van der Waals surface area contributed by atoms with Gasteiger partial charge in [0.25, 0.3) is 0 Å². The molecule has 0 saturated carbocycles. The summed E-state index contributed by atoms with van der Waals surface area (Å²) in [6.07, 6.45) is 5.96. The summed E-state index contributed by atoms with van der Waals surface area (Å²) in [6.45, 7) is 4.18. The Hall–Kier alpha value is -3.36. The van der Waals surface area contributed by atoms with Crippen molar-refractivity contribution in [1.82, 2.24) is 4.98 Å². The highest BCUT2D eigenvalue weighted by atomic mass is 31.2. The second-order valence-electron chi connectivity index (χ2n) is 8.23. The van der Waals surface area contributed by atoms with Crippen LogP contribution in [0.5, 0.6) is 5.75 Å². The number of pyridine rings is 1. The SMILES string of the molecule is C=CCCCCOc1ccnc(C(F)(F)[P+](c2ccccc2)(c2ccccc2)c2ccccc2)c1. The Morgan fingerprint density at radius 3 is 1.77 bits per heavy atom. The highest BCUT2D eigenvalue weighted by Crippen LogP contribution is 2.71. The van der Waals surface area contributed by atoms with E-state index in [9.17, 15) is 0 Å². The Balaban J connectivity index is 1.87. The van der Waals surface area contributed by atoms with E-state index >= 15 is 8.78 Å². The Morgan fingerprint density at radius 2 is 1.29 bits per heavy atom. The standard InChI is InChI=1S/C30H29F2NOP/c1-2-3-4-14-23-34-25-21-22-33-29(24-25)30(31,32)35(26-15-8-5-9-16-26,27-17-10-6-11-18-27)28-19-12-7-13-20-28/h2,5-13,15-22,24H,1,3-4,14,23H2/q+1. The van der Waals surface area contributed by atoms with Gasteiger partial charge in [-0.25, -0.2) is 0 Å². The Bertz CT molecular complexity index is 1120. The zero-order valence-corrected chi connectivity index (χ0v) is 20.5. The molecule has 5 heteroatoms. The minimum absolute atomic E-state index is 0.286. The lowest BCUT2D eigenvalue weighted by molar-refractivity contribution is 0.0914. The molecular weight excluding hydrogens is 459 g/mol. The lowest BCUT2D eigenvalue weighted by atomic mass is 10.2. The number of benzene rings is 3. The fraction of sp³-hybridized carbons (Fsp3) is 0.167. The van der Waals surface area contributed by atoms with E-state index < -0.39 is 12.9 Å². The molecule has 3 aromatic carbocycles. The predicted octanol–water partition coefficient (Wildman–Crippen LogP) is 6.86. The number of ether oxygens (including phenoxy) is 1. The smallest absolute Gasteiger partial charge is 0.410 e. The maximum Gasteiger partial charge on any atom is 0.410 e. The minimum Gasteiger partial charge on any atom is -0.493 e. The molecule has 2 nitrogen and oxygen atoms in total. The molecule has 178 valence electrons. The number of alkyl halides is 2. The van der Waals surface area contributed by atoms with Gasteiger partial charge in [-0.15, -0.1) is 6.58 Å². The van der Waals surface area contributed by atoms with Crippen molar-refractivity contribution in [2.75, 3.05) is 6.61 Å². The Kier molecular flexibility index (Phi) is 8.05. The van der Waals surface area contributed by atoms with Gasteiger partial charge in [0.05, 0.1) is 6.61 Å². The quantitative estimate of drug-likeness (QED) is 0.131. The maximum absolute atomic E-state index is 17.1. The molecular formula is C30H29F2NOP+. The molecule has 4 rings (SSSR count). The predicted molar refractivity (Wildman–Crippen MR) is 143 cm³/mol. The van der Waals surface area contributed by atoms with Crippen LogP contribution in [0.1, 0.15) is 25.0 Å². The second-order valence-corrected chi connectivity index (χ2v) is 11.7. The van der Waals surface area contributed by atoms with Gasteiger partial charge in [0, 0.05) is 12.3 Å². The molecule has 4 aromatic rings. The number of allylic oxidation sites excluding steroid dienone is 1. The minimum atomic E-state index is -3.50. The second kappa shape index (κ2) is 11.4. The number of hydrogen-bond donors (Lipinski definition) is 0. The number of hydrogen-bond acceptors (Lipinski definition) is 2. The topological polar surface area (TPSA) is 22.1 Å². The van der Waals surface area contributed by atoms with Gasteiger partial charge >= 0.3 is 5.66 Å². The molecule has 0 amide bonds. The normalized spacial score (nSPS) is 11.7. The largest absolute Gasteiger partial charge is 0.493 e.